The van der Waals surface area contributed by atoms with Gasteiger partial charge in [0.1, 0.15) is 12.1 Å². The van der Waals surface area contributed by atoms with Gasteiger partial charge in [-0.15, -0.1) is 0 Å². The Morgan fingerprint density at radius 2 is 2.54 bits per heavy atom. The summed E-state index contributed by atoms with van der Waals surface area (Å²) in [5, 5.41) is 3.02. The van der Waals surface area contributed by atoms with E-state index in [1.165, 1.54) is 6.33 Å². The van der Waals surface area contributed by atoms with Gasteiger partial charge in [-0.3, -0.25) is 4.79 Å². The molecule has 13 heavy (non-hydrogen) atoms. The van der Waals surface area contributed by atoms with Crippen molar-refractivity contribution in [2.75, 3.05) is 5.32 Å². The second-order valence-corrected chi connectivity index (χ2v) is 2.81. The van der Waals surface area contributed by atoms with Gasteiger partial charge in [0, 0.05) is 18.7 Å². The summed E-state index contributed by atoms with van der Waals surface area (Å²) in [4.78, 5) is 18.3. The van der Waals surface area contributed by atoms with Gasteiger partial charge in [0.2, 0.25) is 5.91 Å². The standard InChI is InChI=1S/C8H12N4O/c1-6(4-7(9)13)12-8-2-3-10-5-11-8/h2-3,5-6H,4H2,1H3,(H2,9,13)(H,10,11,12). The van der Waals surface area contributed by atoms with E-state index in [9.17, 15) is 4.79 Å². The molecule has 3 N–H and O–H groups in total. The van der Waals surface area contributed by atoms with Gasteiger partial charge in [-0.1, -0.05) is 0 Å². The minimum atomic E-state index is -0.325. The number of nitrogens with two attached hydrogens (primary N) is 1. The lowest BCUT2D eigenvalue weighted by Gasteiger charge is -2.11. The van der Waals surface area contributed by atoms with Crippen LogP contribution >= 0.6 is 0 Å². The predicted octanol–water partition coefficient (Wildman–Crippen LogP) is 0.152. The molecule has 0 aliphatic rings. The third kappa shape index (κ3) is 3.50. The molecule has 0 aromatic carbocycles. The number of anilines is 1. The molecule has 70 valence electrons. The van der Waals surface area contributed by atoms with Crippen LogP contribution in [0.4, 0.5) is 5.82 Å². The highest BCUT2D eigenvalue weighted by molar-refractivity contribution is 5.74. The highest BCUT2D eigenvalue weighted by atomic mass is 16.1. The molecule has 0 aliphatic heterocycles. The number of carbonyl (C=O) groups excluding carboxylic acids is 1. The van der Waals surface area contributed by atoms with Crippen molar-refractivity contribution in [2.24, 2.45) is 5.73 Å². The maximum atomic E-state index is 10.5. The number of carbonyl (C=O) groups is 1. The van der Waals surface area contributed by atoms with Crippen molar-refractivity contribution in [1.82, 2.24) is 9.97 Å². The molecule has 0 radical (unpaired) electrons. The van der Waals surface area contributed by atoms with Crippen LogP contribution in [0.15, 0.2) is 18.6 Å². The molecule has 5 nitrogen and oxygen atoms in total. The van der Waals surface area contributed by atoms with Gasteiger partial charge in [0.25, 0.3) is 0 Å². The number of hydrogen-bond acceptors (Lipinski definition) is 4. The number of aromatic nitrogens is 2. The molecule has 1 aromatic rings. The fraction of sp³-hybridized carbons (Fsp3) is 0.375. The zero-order chi connectivity index (χ0) is 9.68. The van der Waals surface area contributed by atoms with Gasteiger partial charge >= 0.3 is 0 Å². The molecule has 1 amide bonds. The number of nitrogens with one attached hydrogen (secondary N) is 1. The lowest BCUT2D eigenvalue weighted by Crippen LogP contribution is -2.24. The molecular formula is C8H12N4O. The van der Waals surface area contributed by atoms with E-state index >= 15 is 0 Å². The van der Waals surface area contributed by atoms with E-state index in [2.05, 4.69) is 15.3 Å². The fourth-order valence-corrected chi connectivity index (χ4v) is 0.981. The zero-order valence-corrected chi connectivity index (χ0v) is 7.40. The van der Waals surface area contributed by atoms with Crippen LogP contribution in [0.25, 0.3) is 0 Å². The first-order valence-electron chi connectivity index (χ1n) is 3.99. The van der Waals surface area contributed by atoms with Crippen LogP contribution in [-0.2, 0) is 4.79 Å². The fourth-order valence-electron chi connectivity index (χ4n) is 0.981. The number of rotatable bonds is 4. The molecule has 0 spiro atoms. The second-order valence-electron chi connectivity index (χ2n) is 2.81. The first kappa shape index (κ1) is 9.44. The highest BCUT2D eigenvalue weighted by Crippen LogP contribution is 2.02. The Morgan fingerprint density at radius 3 is 3.08 bits per heavy atom. The third-order valence-electron chi connectivity index (χ3n) is 1.48. The molecular weight excluding hydrogens is 168 g/mol. The number of nitrogens with zero attached hydrogens (tertiary/aromatic N) is 2. The summed E-state index contributed by atoms with van der Waals surface area (Å²) < 4.78 is 0. The molecule has 1 heterocycles. The molecule has 0 aliphatic carbocycles. The largest absolute Gasteiger partial charge is 0.370 e. The molecule has 1 unspecified atom stereocenters. The maximum Gasteiger partial charge on any atom is 0.219 e. The Morgan fingerprint density at radius 1 is 1.77 bits per heavy atom. The predicted molar refractivity (Wildman–Crippen MR) is 48.9 cm³/mol. The summed E-state index contributed by atoms with van der Waals surface area (Å²) in [6, 6.07) is 1.73. The Hall–Kier alpha value is -1.65. The van der Waals surface area contributed by atoms with Crippen LogP contribution < -0.4 is 11.1 Å². The van der Waals surface area contributed by atoms with Gasteiger partial charge < -0.3 is 11.1 Å². The zero-order valence-electron chi connectivity index (χ0n) is 7.40. The molecule has 0 saturated carbocycles. The Balaban J connectivity index is 2.45. The summed E-state index contributed by atoms with van der Waals surface area (Å²) >= 11 is 0. The Labute approximate surface area is 76.4 Å². The van der Waals surface area contributed by atoms with E-state index in [0.29, 0.717) is 12.2 Å². The lowest BCUT2D eigenvalue weighted by atomic mass is 10.2. The smallest absolute Gasteiger partial charge is 0.219 e. The van der Waals surface area contributed by atoms with Crippen molar-refractivity contribution in [3.8, 4) is 0 Å². The van der Waals surface area contributed by atoms with E-state index in [0.717, 1.165) is 0 Å². The monoisotopic (exact) mass is 180 g/mol. The van der Waals surface area contributed by atoms with Gasteiger partial charge in [-0.05, 0) is 13.0 Å². The molecule has 5 heteroatoms. The number of primary amides is 1. The van der Waals surface area contributed by atoms with E-state index in [-0.39, 0.29) is 11.9 Å². The summed E-state index contributed by atoms with van der Waals surface area (Å²) in [5.74, 6) is 0.373. The van der Waals surface area contributed by atoms with Crippen molar-refractivity contribution in [1.29, 1.82) is 0 Å². The van der Waals surface area contributed by atoms with Crippen molar-refractivity contribution < 1.29 is 4.79 Å². The van der Waals surface area contributed by atoms with Gasteiger partial charge in [-0.25, -0.2) is 9.97 Å². The minimum Gasteiger partial charge on any atom is -0.370 e. The van der Waals surface area contributed by atoms with Crippen molar-refractivity contribution in [3.63, 3.8) is 0 Å². The van der Waals surface area contributed by atoms with Crippen LogP contribution in [-0.4, -0.2) is 21.9 Å². The minimum absolute atomic E-state index is 0.00704. The average molecular weight is 180 g/mol. The Kier molecular flexibility index (Phi) is 3.19. The SMILES string of the molecule is CC(CC(N)=O)Nc1ccncn1. The molecule has 1 aromatic heterocycles. The van der Waals surface area contributed by atoms with E-state index in [1.807, 2.05) is 6.92 Å². The first-order valence-corrected chi connectivity index (χ1v) is 3.99. The molecule has 0 bridgehead atoms. The average Bonchev–Trinajstić information content (AvgIpc) is 2.04. The summed E-state index contributed by atoms with van der Waals surface area (Å²) in [5.41, 5.74) is 5.04. The van der Waals surface area contributed by atoms with E-state index in [4.69, 9.17) is 5.73 Å². The van der Waals surface area contributed by atoms with E-state index < -0.39 is 0 Å². The summed E-state index contributed by atoms with van der Waals surface area (Å²) in [6.45, 7) is 1.87. The van der Waals surface area contributed by atoms with Gasteiger partial charge in [-0.2, -0.15) is 0 Å². The van der Waals surface area contributed by atoms with Gasteiger partial charge in [0.15, 0.2) is 0 Å². The van der Waals surface area contributed by atoms with Crippen molar-refractivity contribution in [2.45, 2.75) is 19.4 Å². The Bertz CT molecular complexity index is 275. The maximum absolute atomic E-state index is 10.5. The van der Waals surface area contributed by atoms with Crippen LogP contribution in [0.5, 0.6) is 0 Å². The lowest BCUT2D eigenvalue weighted by molar-refractivity contribution is -0.118. The number of hydrogen-bond donors (Lipinski definition) is 2. The van der Waals surface area contributed by atoms with Crippen LogP contribution in [0, 0.1) is 0 Å². The number of amides is 1. The van der Waals surface area contributed by atoms with E-state index in [1.54, 1.807) is 12.3 Å². The quantitative estimate of drug-likeness (QED) is 0.691. The van der Waals surface area contributed by atoms with Crippen molar-refractivity contribution >= 4 is 11.7 Å². The van der Waals surface area contributed by atoms with Crippen LogP contribution in [0.3, 0.4) is 0 Å². The summed E-state index contributed by atoms with van der Waals surface area (Å²) in [7, 11) is 0. The molecule has 1 rings (SSSR count). The molecule has 0 fully saturated rings. The normalized spacial score (nSPS) is 12.1. The second kappa shape index (κ2) is 4.39. The topological polar surface area (TPSA) is 80.9 Å². The van der Waals surface area contributed by atoms with Crippen molar-refractivity contribution in [3.05, 3.63) is 18.6 Å². The highest BCUT2D eigenvalue weighted by Gasteiger charge is 2.05. The molecule has 0 saturated heterocycles. The third-order valence-corrected chi connectivity index (χ3v) is 1.48. The van der Waals surface area contributed by atoms with Gasteiger partial charge in [0.05, 0.1) is 0 Å². The first-order chi connectivity index (χ1) is 6.18. The molecule has 1 atom stereocenters. The summed E-state index contributed by atoms with van der Waals surface area (Å²) in [6.07, 6.45) is 3.37. The van der Waals surface area contributed by atoms with Crippen LogP contribution in [0.2, 0.25) is 0 Å². The van der Waals surface area contributed by atoms with Crippen LogP contribution in [0.1, 0.15) is 13.3 Å².